The van der Waals surface area contributed by atoms with E-state index < -0.39 is 0 Å². The van der Waals surface area contributed by atoms with E-state index in [1.54, 1.807) is 30.5 Å². The number of rotatable bonds is 0. The molecule has 0 bridgehead atoms. The van der Waals surface area contributed by atoms with Gasteiger partial charge in [0.15, 0.2) is 5.43 Å². The molecule has 0 saturated heterocycles. The molecule has 3 nitrogen and oxygen atoms in total. The van der Waals surface area contributed by atoms with Crippen molar-refractivity contribution >= 4 is 11.0 Å². The number of hydrogen-bond donors (Lipinski definition) is 1. The van der Waals surface area contributed by atoms with Crippen molar-refractivity contribution in [3.05, 3.63) is 52.9 Å². The summed E-state index contributed by atoms with van der Waals surface area (Å²) in [5.41, 5.74) is 2.00. The maximum absolute atomic E-state index is 11.3. The van der Waals surface area contributed by atoms with Crippen LogP contribution in [0.4, 0.5) is 0 Å². The molecule has 1 aliphatic carbocycles. The summed E-state index contributed by atoms with van der Waals surface area (Å²) in [4.78, 5) is 11.3. The molecule has 3 heteroatoms. The van der Waals surface area contributed by atoms with Gasteiger partial charge < -0.3 is 9.52 Å². The van der Waals surface area contributed by atoms with Gasteiger partial charge in [0, 0.05) is 11.1 Å². The predicted octanol–water partition coefficient (Wildman–Crippen LogP) is 2.60. The van der Waals surface area contributed by atoms with E-state index in [-0.39, 0.29) is 11.2 Å². The normalized spacial score (nSPS) is 11.0. The number of hydrogen-bond acceptors (Lipinski definition) is 3. The highest BCUT2D eigenvalue weighted by Crippen LogP contribution is 2.35. The van der Waals surface area contributed by atoms with Gasteiger partial charge in [-0.05, 0) is 30.3 Å². The van der Waals surface area contributed by atoms with Gasteiger partial charge >= 0.3 is 0 Å². The van der Waals surface area contributed by atoms with Crippen LogP contribution in [0, 0.1) is 0 Å². The highest BCUT2D eigenvalue weighted by atomic mass is 16.3. The third kappa shape index (κ3) is 1.18. The number of fused-ring (bicyclic) bond motifs is 3. The van der Waals surface area contributed by atoms with Crippen LogP contribution in [-0.4, -0.2) is 5.11 Å². The quantitative estimate of drug-likeness (QED) is 0.583. The van der Waals surface area contributed by atoms with E-state index in [0.29, 0.717) is 16.5 Å². The Hall–Kier alpha value is -2.29. The Morgan fingerprint density at radius 2 is 2.00 bits per heavy atom. The van der Waals surface area contributed by atoms with E-state index in [4.69, 9.17) is 4.42 Å². The van der Waals surface area contributed by atoms with E-state index in [2.05, 4.69) is 0 Å². The standard InChI is InChI=1S/C13H8O3/c14-9-5-4-8-7-16-12-3-1-2-11(15)13(12)10(8)6-9/h1-7,15H. The van der Waals surface area contributed by atoms with Crippen molar-refractivity contribution in [3.8, 4) is 16.9 Å². The Morgan fingerprint density at radius 1 is 1.12 bits per heavy atom. The van der Waals surface area contributed by atoms with Crippen molar-refractivity contribution in [2.45, 2.75) is 0 Å². The minimum atomic E-state index is -0.0803. The number of aromatic hydroxyl groups is 1. The van der Waals surface area contributed by atoms with Gasteiger partial charge in [-0.1, -0.05) is 6.07 Å². The second-order valence-electron chi connectivity index (χ2n) is 3.64. The molecule has 0 atom stereocenters. The summed E-state index contributed by atoms with van der Waals surface area (Å²) in [6.45, 7) is 0. The first-order valence-electron chi connectivity index (χ1n) is 4.89. The van der Waals surface area contributed by atoms with Crippen molar-refractivity contribution in [1.82, 2.24) is 0 Å². The second kappa shape index (κ2) is 3.10. The van der Waals surface area contributed by atoms with Gasteiger partial charge in [0.05, 0.1) is 11.6 Å². The molecule has 0 spiro atoms. The molecule has 0 radical (unpaired) electrons. The topological polar surface area (TPSA) is 50.4 Å². The Bertz CT molecular complexity index is 697. The van der Waals surface area contributed by atoms with E-state index in [0.717, 1.165) is 5.56 Å². The molecule has 0 aromatic heterocycles. The highest BCUT2D eigenvalue weighted by molar-refractivity contribution is 5.98. The van der Waals surface area contributed by atoms with Crippen molar-refractivity contribution in [3.63, 3.8) is 0 Å². The summed E-state index contributed by atoms with van der Waals surface area (Å²) in [6, 6.07) is 9.71. The van der Waals surface area contributed by atoms with Crippen molar-refractivity contribution < 1.29 is 9.52 Å². The highest BCUT2D eigenvalue weighted by Gasteiger charge is 2.11. The smallest absolute Gasteiger partial charge is 0.179 e. The maximum atomic E-state index is 11.3. The first-order valence-corrected chi connectivity index (χ1v) is 4.89. The van der Waals surface area contributed by atoms with Crippen LogP contribution in [0.25, 0.3) is 22.1 Å². The molecular weight excluding hydrogens is 204 g/mol. The SMILES string of the molecule is O=c1ccc2coc3cccc(O)c3c-2c1. The van der Waals surface area contributed by atoms with E-state index in [9.17, 15) is 9.90 Å². The molecule has 78 valence electrons. The predicted molar refractivity (Wildman–Crippen MR) is 60.8 cm³/mol. The molecular formula is C13H8O3. The number of benzene rings is 2. The van der Waals surface area contributed by atoms with Crippen molar-refractivity contribution in [1.29, 1.82) is 0 Å². The summed E-state index contributed by atoms with van der Waals surface area (Å²) in [5, 5.41) is 10.4. The molecule has 1 aromatic rings. The van der Waals surface area contributed by atoms with Crippen LogP contribution in [0.5, 0.6) is 5.75 Å². The van der Waals surface area contributed by atoms with Crippen LogP contribution in [0.2, 0.25) is 0 Å². The monoisotopic (exact) mass is 212 g/mol. The Kier molecular flexibility index (Phi) is 1.74. The Labute approximate surface area is 90.9 Å². The Morgan fingerprint density at radius 3 is 2.88 bits per heavy atom. The third-order valence-corrected chi connectivity index (χ3v) is 2.61. The summed E-state index contributed by atoms with van der Waals surface area (Å²) >= 11 is 0. The maximum Gasteiger partial charge on any atom is 0.179 e. The number of phenolic OH excluding ortho intramolecular Hbond substituents is 1. The molecule has 1 N–H and O–H groups in total. The summed E-state index contributed by atoms with van der Waals surface area (Å²) in [5.74, 6) is 0.123. The van der Waals surface area contributed by atoms with Gasteiger partial charge in [-0.25, -0.2) is 0 Å². The lowest BCUT2D eigenvalue weighted by molar-refractivity contribution is 0.480. The van der Waals surface area contributed by atoms with Gasteiger partial charge in [0.2, 0.25) is 0 Å². The molecule has 2 aliphatic rings. The lowest BCUT2D eigenvalue weighted by atomic mass is 10.0. The Balaban J connectivity index is 2.61. The zero-order valence-corrected chi connectivity index (χ0v) is 8.31. The zero-order valence-electron chi connectivity index (χ0n) is 8.31. The molecule has 0 unspecified atom stereocenters. The van der Waals surface area contributed by atoms with Gasteiger partial charge in [-0.2, -0.15) is 0 Å². The summed E-state index contributed by atoms with van der Waals surface area (Å²) in [6.07, 6.45) is 1.58. The lowest BCUT2D eigenvalue weighted by Crippen LogP contribution is -1.98. The minimum absolute atomic E-state index is 0.0803. The summed E-state index contributed by atoms with van der Waals surface area (Å²) < 4.78 is 5.38. The molecule has 1 heterocycles. The van der Waals surface area contributed by atoms with Gasteiger partial charge in [-0.3, -0.25) is 4.79 Å². The van der Waals surface area contributed by atoms with Crippen LogP contribution in [0.3, 0.4) is 0 Å². The van der Waals surface area contributed by atoms with Crippen molar-refractivity contribution in [2.75, 3.05) is 0 Å². The molecule has 0 fully saturated rings. The molecule has 1 aromatic carbocycles. The fourth-order valence-corrected chi connectivity index (χ4v) is 1.87. The van der Waals surface area contributed by atoms with Crippen LogP contribution in [0.15, 0.2) is 51.9 Å². The van der Waals surface area contributed by atoms with Crippen molar-refractivity contribution in [2.24, 2.45) is 0 Å². The van der Waals surface area contributed by atoms with Gasteiger partial charge in [0.1, 0.15) is 11.3 Å². The average molecular weight is 212 g/mol. The summed E-state index contributed by atoms with van der Waals surface area (Å²) in [7, 11) is 0. The first kappa shape index (κ1) is 8.97. The number of phenols is 1. The third-order valence-electron chi connectivity index (χ3n) is 2.61. The van der Waals surface area contributed by atoms with E-state index in [1.807, 2.05) is 0 Å². The zero-order chi connectivity index (χ0) is 11.1. The van der Waals surface area contributed by atoms with E-state index >= 15 is 0 Å². The van der Waals surface area contributed by atoms with Crippen LogP contribution in [-0.2, 0) is 0 Å². The lowest BCUT2D eigenvalue weighted by Gasteiger charge is -2.08. The molecule has 1 aliphatic heterocycles. The van der Waals surface area contributed by atoms with Crippen LogP contribution < -0.4 is 5.43 Å². The first-order chi connectivity index (χ1) is 7.75. The molecule has 16 heavy (non-hydrogen) atoms. The minimum Gasteiger partial charge on any atom is -0.507 e. The largest absolute Gasteiger partial charge is 0.507 e. The van der Waals surface area contributed by atoms with Gasteiger partial charge in [0.25, 0.3) is 0 Å². The molecule has 0 amide bonds. The van der Waals surface area contributed by atoms with Crippen LogP contribution >= 0.6 is 0 Å². The fourth-order valence-electron chi connectivity index (χ4n) is 1.87. The van der Waals surface area contributed by atoms with E-state index in [1.165, 1.54) is 12.1 Å². The fraction of sp³-hybridized carbons (Fsp3) is 0. The average Bonchev–Trinajstić information content (AvgIpc) is 2.28. The van der Waals surface area contributed by atoms with Gasteiger partial charge in [-0.15, -0.1) is 0 Å². The van der Waals surface area contributed by atoms with Crippen LogP contribution in [0.1, 0.15) is 0 Å². The second-order valence-corrected chi connectivity index (χ2v) is 3.64. The molecule has 3 rings (SSSR count). The molecule has 0 saturated carbocycles.